The lowest BCUT2D eigenvalue weighted by Crippen LogP contribution is -2.31. The highest BCUT2D eigenvalue weighted by molar-refractivity contribution is 7.92. The maximum absolute atomic E-state index is 13.1. The Morgan fingerprint density at radius 2 is 1.61 bits per heavy atom. The van der Waals surface area contributed by atoms with Gasteiger partial charge in [0.25, 0.3) is 21.8 Å². The Balaban J connectivity index is 1.84. The van der Waals surface area contributed by atoms with Crippen molar-refractivity contribution in [1.29, 1.82) is 0 Å². The van der Waals surface area contributed by atoms with Gasteiger partial charge < -0.3 is 14.8 Å². The largest absolute Gasteiger partial charge is 0.462 e. The number of anilines is 2. The lowest BCUT2D eigenvalue weighted by atomic mass is 10.1. The second kappa shape index (κ2) is 11.8. The van der Waals surface area contributed by atoms with Crippen molar-refractivity contribution in [2.45, 2.75) is 18.7 Å². The minimum atomic E-state index is -4.00. The number of rotatable bonds is 8. The molecule has 3 N–H and O–H groups in total. The Bertz CT molecular complexity index is 1480. The van der Waals surface area contributed by atoms with Crippen LogP contribution in [-0.4, -0.2) is 46.0 Å². The van der Waals surface area contributed by atoms with Crippen molar-refractivity contribution in [1.82, 2.24) is 5.32 Å². The van der Waals surface area contributed by atoms with Crippen molar-refractivity contribution in [3.05, 3.63) is 75.9 Å². The summed E-state index contributed by atoms with van der Waals surface area (Å²) in [6.07, 6.45) is -1.03. The molecule has 11 nitrogen and oxygen atoms in total. The van der Waals surface area contributed by atoms with Crippen molar-refractivity contribution in [3.8, 4) is 0 Å². The minimum absolute atomic E-state index is 0.0157. The molecule has 200 valence electrons. The average Bonchev–Trinajstić information content (AvgIpc) is 3.20. The summed E-state index contributed by atoms with van der Waals surface area (Å²) in [6, 6.07) is 9.59. The zero-order valence-corrected chi connectivity index (χ0v) is 21.9. The molecule has 0 fully saturated rings. The van der Waals surface area contributed by atoms with Crippen LogP contribution in [0.5, 0.6) is 0 Å². The third kappa shape index (κ3) is 6.52. The van der Waals surface area contributed by atoms with Crippen molar-refractivity contribution in [3.63, 3.8) is 0 Å². The molecule has 0 saturated carbocycles. The first kappa shape index (κ1) is 28.3. The van der Waals surface area contributed by atoms with Gasteiger partial charge in [-0.2, -0.15) is 0 Å². The van der Waals surface area contributed by atoms with Gasteiger partial charge in [-0.05, 0) is 67.9 Å². The molecule has 38 heavy (non-hydrogen) atoms. The van der Waals surface area contributed by atoms with Crippen LogP contribution in [0.4, 0.5) is 19.9 Å². The van der Waals surface area contributed by atoms with Gasteiger partial charge in [-0.15, -0.1) is 11.3 Å². The summed E-state index contributed by atoms with van der Waals surface area (Å²) in [5.41, 5.74) is 0.301. The van der Waals surface area contributed by atoms with Gasteiger partial charge in [0.1, 0.15) is 15.7 Å². The summed E-state index contributed by atoms with van der Waals surface area (Å²) in [7, 11) is -2.93. The van der Waals surface area contributed by atoms with E-state index in [0.29, 0.717) is 0 Å². The van der Waals surface area contributed by atoms with E-state index >= 15 is 0 Å². The predicted molar refractivity (Wildman–Crippen MR) is 136 cm³/mol. The third-order valence-corrected chi connectivity index (χ3v) is 7.57. The van der Waals surface area contributed by atoms with Crippen LogP contribution in [0.15, 0.2) is 53.4 Å². The second-order valence-corrected chi connectivity index (χ2v) is 10.2. The van der Waals surface area contributed by atoms with Crippen LogP contribution >= 0.6 is 11.3 Å². The van der Waals surface area contributed by atoms with Crippen LogP contribution in [0.2, 0.25) is 0 Å². The number of ether oxygens (including phenoxy) is 2. The number of methoxy groups -OCH3 is 1. The Morgan fingerprint density at radius 1 is 0.974 bits per heavy atom. The Hall–Kier alpha value is -4.30. The number of esters is 1. The molecule has 0 radical (unpaired) electrons. The number of alkyl carbamates (subject to hydrolysis) is 1. The summed E-state index contributed by atoms with van der Waals surface area (Å²) in [6.45, 7) is 3.16. The topological polar surface area (TPSA) is 157 Å². The van der Waals surface area contributed by atoms with Crippen LogP contribution in [-0.2, 0) is 19.5 Å². The zero-order valence-electron chi connectivity index (χ0n) is 20.3. The number of amides is 3. The summed E-state index contributed by atoms with van der Waals surface area (Å²) in [4.78, 5) is 49.4. The molecule has 0 spiro atoms. The first-order valence-electron chi connectivity index (χ1n) is 10.9. The van der Waals surface area contributed by atoms with Crippen LogP contribution in [0, 0.1) is 12.7 Å². The zero-order chi connectivity index (χ0) is 28.0. The number of benzene rings is 2. The number of halogens is 1. The SMILES string of the molecule is CCOC(=O)c1sc(NC(=O)c2ccc(NS(=O)(=O)c3ccc(F)cc3)cc2)c(C(=O)NC(=O)OC)c1C. The molecule has 1 aromatic heterocycles. The number of nitrogens with one attached hydrogen (secondary N) is 3. The van der Waals surface area contributed by atoms with Gasteiger partial charge in [0.15, 0.2) is 0 Å². The van der Waals surface area contributed by atoms with Crippen molar-refractivity contribution < 1.29 is 41.5 Å². The smallest absolute Gasteiger partial charge is 0.413 e. The minimum Gasteiger partial charge on any atom is -0.462 e. The molecule has 14 heteroatoms. The van der Waals surface area contributed by atoms with Crippen molar-refractivity contribution in [2.24, 2.45) is 0 Å². The van der Waals surface area contributed by atoms with Crippen molar-refractivity contribution in [2.75, 3.05) is 23.8 Å². The molecule has 3 aromatic rings. The van der Waals surface area contributed by atoms with E-state index in [9.17, 15) is 32.0 Å². The first-order valence-corrected chi connectivity index (χ1v) is 13.2. The molecule has 0 aliphatic heterocycles. The van der Waals surface area contributed by atoms with E-state index in [1.54, 1.807) is 6.92 Å². The number of hydrogen-bond donors (Lipinski definition) is 3. The van der Waals surface area contributed by atoms with Crippen LogP contribution < -0.4 is 15.4 Å². The summed E-state index contributed by atoms with van der Waals surface area (Å²) in [5, 5.41) is 4.51. The molecule has 2 aromatic carbocycles. The molecular weight excluding hydrogens is 541 g/mol. The number of carbonyl (C=O) groups excluding carboxylic acids is 4. The van der Waals surface area contributed by atoms with Gasteiger partial charge in [0.2, 0.25) is 0 Å². The summed E-state index contributed by atoms with van der Waals surface area (Å²) < 4.78 is 49.8. The van der Waals surface area contributed by atoms with Gasteiger partial charge in [0, 0.05) is 11.3 Å². The fourth-order valence-corrected chi connectivity index (χ4v) is 5.32. The number of sulfonamides is 1. The highest BCUT2D eigenvalue weighted by Crippen LogP contribution is 2.34. The second-order valence-electron chi connectivity index (χ2n) is 7.52. The fraction of sp³-hybridized carbons (Fsp3) is 0.167. The third-order valence-electron chi connectivity index (χ3n) is 4.99. The fourth-order valence-electron chi connectivity index (χ4n) is 3.17. The molecule has 0 bridgehead atoms. The Kier molecular flexibility index (Phi) is 8.80. The molecule has 0 saturated heterocycles. The van der Waals surface area contributed by atoms with E-state index in [0.717, 1.165) is 42.7 Å². The molecule has 1 heterocycles. The lowest BCUT2D eigenvalue weighted by molar-refractivity contribution is 0.0531. The van der Waals surface area contributed by atoms with E-state index in [4.69, 9.17) is 4.74 Å². The maximum atomic E-state index is 13.1. The van der Waals surface area contributed by atoms with E-state index < -0.39 is 39.7 Å². The molecule has 3 rings (SSSR count). The van der Waals surface area contributed by atoms with E-state index in [2.05, 4.69) is 14.8 Å². The number of imide groups is 1. The van der Waals surface area contributed by atoms with Crippen molar-refractivity contribution >= 4 is 55.9 Å². The highest BCUT2D eigenvalue weighted by atomic mass is 32.2. The quantitative estimate of drug-likeness (QED) is 0.348. The van der Waals surface area contributed by atoms with Crippen LogP contribution in [0.25, 0.3) is 0 Å². The summed E-state index contributed by atoms with van der Waals surface area (Å²) >= 11 is 0.792. The van der Waals surface area contributed by atoms with E-state index in [-0.39, 0.29) is 43.8 Å². The van der Waals surface area contributed by atoms with Crippen LogP contribution in [0.1, 0.15) is 42.9 Å². The number of hydrogen-bond acceptors (Lipinski definition) is 9. The maximum Gasteiger partial charge on any atom is 0.413 e. The van der Waals surface area contributed by atoms with Gasteiger partial charge in [-0.3, -0.25) is 19.6 Å². The molecule has 3 amide bonds. The van der Waals surface area contributed by atoms with Gasteiger partial charge in [-0.25, -0.2) is 22.4 Å². The number of thiophene rings is 1. The van der Waals surface area contributed by atoms with Gasteiger partial charge >= 0.3 is 12.1 Å². The Labute approximate surface area is 221 Å². The number of carbonyl (C=O) groups is 4. The Morgan fingerprint density at radius 3 is 2.18 bits per heavy atom. The normalized spacial score (nSPS) is 10.8. The monoisotopic (exact) mass is 563 g/mol. The van der Waals surface area contributed by atoms with E-state index in [1.165, 1.54) is 31.2 Å². The van der Waals surface area contributed by atoms with Gasteiger partial charge in [0.05, 0.1) is 24.2 Å². The molecule has 0 aliphatic rings. The first-order chi connectivity index (χ1) is 18.0. The van der Waals surface area contributed by atoms with Gasteiger partial charge in [-0.1, -0.05) is 0 Å². The van der Waals surface area contributed by atoms with Crippen LogP contribution in [0.3, 0.4) is 0 Å². The molecular formula is C24H22FN3O8S2. The predicted octanol–water partition coefficient (Wildman–Crippen LogP) is 3.92. The average molecular weight is 564 g/mol. The molecule has 0 atom stereocenters. The van der Waals surface area contributed by atoms with E-state index in [1.807, 2.05) is 5.32 Å². The summed E-state index contributed by atoms with van der Waals surface area (Å²) in [5.74, 6) is -2.87. The standard InChI is InChI=1S/C24H22FN3O8S2/c1-4-36-23(31)19-13(2)18(21(30)27-24(32)35-3)22(37-19)26-20(29)14-5-9-16(10-6-14)28-38(33,34)17-11-7-15(25)8-12-17/h5-12,28H,4H2,1-3H3,(H,26,29)(H,27,30,32). The molecule has 0 aliphatic carbocycles. The lowest BCUT2D eigenvalue weighted by Gasteiger charge is -2.10. The highest BCUT2D eigenvalue weighted by Gasteiger charge is 2.28. The molecule has 0 unspecified atom stereocenters.